The van der Waals surface area contributed by atoms with Crippen molar-refractivity contribution in [3.8, 4) is 17.2 Å². The summed E-state index contributed by atoms with van der Waals surface area (Å²) in [5.74, 6) is 2.44. The van der Waals surface area contributed by atoms with Crippen molar-refractivity contribution in [2.24, 2.45) is 0 Å². The zero-order valence-corrected chi connectivity index (χ0v) is 15.8. The van der Waals surface area contributed by atoms with E-state index in [9.17, 15) is 4.79 Å². The van der Waals surface area contributed by atoms with Crippen LogP contribution < -0.4 is 24.8 Å². The minimum Gasteiger partial charge on any atom is -0.494 e. The quantitative estimate of drug-likeness (QED) is 0.637. The highest BCUT2D eigenvalue weighted by Crippen LogP contribution is 2.32. The van der Waals surface area contributed by atoms with Gasteiger partial charge >= 0.3 is 0 Å². The first kappa shape index (κ1) is 18.5. The Morgan fingerprint density at radius 1 is 1.03 bits per heavy atom. The molecule has 2 aromatic carbocycles. The standard InChI is InChI=1S/C21H20N4O4/c1-2-27-16-6-4-15(5-7-16)23-20-10-8-17(24-25-20)21(26)22-12-14-3-9-18-19(11-14)29-13-28-18/h3-11H,2,12-13H2,1H3,(H,22,26)(H,23,25). The van der Waals surface area contributed by atoms with Crippen molar-refractivity contribution >= 4 is 17.4 Å². The van der Waals surface area contributed by atoms with E-state index in [1.165, 1.54) is 0 Å². The fourth-order valence-corrected chi connectivity index (χ4v) is 2.79. The largest absolute Gasteiger partial charge is 0.494 e. The topological polar surface area (TPSA) is 94.6 Å². The van der Waals surface area contributed by atoms with Crippen LogP contribution in [0.1, 0.15) is 23.0 Å². The second-order valence-electron chi connectivity index (χ2n) is 6.26. The average molecular weight is 392 g/mol. The van der Waals surface area contributed by atoms with E-state index in [4.69, 9.17) is 14.2 Å². The molecule has 1 amide bonds. The molecular formula is C21H20N4O4. The summed E-state index contributed by atoms with van der Waals surface area (Å²) in [6.45, 7) is 3.13. The van der Waals surface area contributed by atoms with Crippen molar-refractivity contribution in [3.05, 3.63) is 65.9 Å². The Labute approximate surface area is 167 Å². The maximum Gasteiger partial charge on any atom is 0.272 e. The Morgan fingerprint density at radius 2 is 1.86 bits per heavy atom. The van der Waals surface area contributed by atoms with Gasteiger partial charge in [0.2, 0.25) is 6.79 Å². The van der Waals surface area contributed by atoms with E-state index in [0.717, 1.165) is 17.0 Å². The van der Waals surface area contributed by atoms with E-state index in [-0.39, 0.29) is 18.4 Å². The molecule has 0 bridgehead atoms. The summed E-state index contributed by atoms with van der Waals surface area (Å²) in [4.78, 5) is 12.3. The fourth-order valence-electron chi connectivity index (χ4n) is 2.79. The molecule has 0 atom stereocenters. The molecule has 0 saturated heterocycles. The molecule has 1 aromatic heterocycles. The third-order valence-electron chi connectivity index (χ3n) is 4.22. The van der Waals surface area contributed by atoms with Gasteiger partial charge in [0.25, 0.3) is 5.91 Å². The van der Waals surface area contributed by atoms with Gasteiger partial charge in [-0.15, -0.1) is 10.2 Å². The molecule has 1 aliphatic rings. The summed E-state index contributed by atoms with van der Waals surface area (Å²) in [5, 5.41) is 14.0. The molecule has 1 aliphatic heterocycles. The Hall–Kier alpha value is -3.81. The predicted molar refractivity (Wildman–Crippen MR) is 107 cm³/mol. The summed E-state index contributed by atoms with van der Waals surface area (Å²) in [5.41, 5.74) is 2.00. The van der Waals surface area contributed by atoms with E-state index in [1.54, 1.807) is 12.1 Å². The summed E-state index contributed by atoms with van der Waals surface area (Å²) in [7, 11) is 0. The molecule has 0 fully saturated rings. The van der Waals surface area contributed by atoms with Crippen LogP contribution >= 0.6 is 0 Å². The van der Waals surface area contributed by atoms with Crippen LogP contribution in [-0.2, 0) is 6.54 Å². The number of carbonyl (C=O) groups excluding carboxylic acids is 1. The molecule has 2 N–H and O–H groups in total. The lowest BCUT2D eigenvalue weighted by molar-refractivity contribution is 0.0945. The number of ether oxygens (including phenoxy) is 3. The summed E-state index contributed by atoms with van der Waals surface area (Å²) in [6.07, 6.45) is 0. The molecule has 148 valence electrons. The molecule has 8 nitrogen and oxygen atoms in total. The molecule has 2 heterocycles. The molecule has 0 radical (unpaired) electrons. The van der Waals surface area contributed by atoms with Crippen LogP contribution in [-0.4, -0.2) is 29.5 Å². The number of benzene rings is 2. The van der Waals surface area contributed by atoms with Gasteiger partial charge in [-0.1, -0.05) is 6.07 Å². The molecule has 8 heteroatoms. The Morgan fingerprint density at radius 3 is 2.62 bits per heavy atom. The number of fused-ring (bicyclic) bond motifs is 1. The van der Waals surface area contributed by atoms with Gasteiger partial charge in [0.15, 0.2) is 23.0 Å². The third-order valence-corrected chi connectivity index (χ3v) is 4.22. The van der Waals surface area contributed by atoms with Crippen molar-refractivity contribution in [3.63, 3.8) is 0 Å². The van der Waals surface area contributed by atoms with Gasteiger partial charge in [-0.05, 0) is 61.0 Å². The van der Waals surface area contributed by atoms with Crippen LogP contribution in [0, 0.1) is 0 Å². The van der Waals surface area contributed by atoms with Crippen LogP contribution in [0.3, 0.4) is 0 Å². The molecule has 29 heavy (non-hydrogen) atoms. The summed E-state index contributed by atoms with van der Waals surface area (Å²) < 4.78 is 16.0. The molecule has 3 aromatic rings. The van der Waals surface area contributed by atoms with Crippen molar-refractivity contribution in [2.45, 2.75) is 13.5 Å². The van der Waals surface area contributed by atoms with Gasteiger partial charge in [-0.2, -0.15) is 0 Å². The number of carbonyl (C=O) groups is 1. The predicted octanol–water partition coefficient (Wildman–Crippen LogP) is 3.28. The van der Waals surface area contributed by atoms with Crippen LogP contribution in [0.5, 0.6) is 17.2 Å². The monoisotopic (exact) mass is 392 g/mol. The first-order valence-corrected chi connectivity index (χ1v) is 9.21. The van der Waals surface area contributed by atoms with E-state index in [0.29, 0.717) is 30.5 Å². The second kappa shape index (κ2) is 8.47. The number of amides is 1. The van der Waals surface area contributed by atoms with Crippen LogP contribution in [0.15, 0.2) is 54.6 Å². The lowest BCUT2D eigenvalue weighted by Crippen LogP contribution is -2.24. The third kappa shape index (κ3) is 4.55. The van der Waals surface area contributed by atoms with Crippen LogP contribution in [0.25, 0.3) is 0 Å². The normalized spacial score (nSPS) is 11.8. The van der Waals surface area contributed by atoms with Crippen molar-refractivity contribution < 1.29 is 19.0 Å². The maximum absolute atomic E-state index is 12.3. The Bertz CT molecular complexity index is 991. The van der Waals surface area contributed by atoms with Gasteiger partial charge in [-0.25, -0.2) is 0 Å². The molecule has 0 aliphatic carbocycles. The second-order valence-corrected chi connectivity index (χ2v) is 6.26. The van der Waals surface area contributed by atoms with Gasteiger partial charge in [0.1, 0.15) is 5.75 Å². The zero-order chi connectivity index (χ0) is 20.1. The average Bonchev–Trinajstić information content (AvgIpc) is 3.22. The number of anilines is 2. The van der Waals surface area contributed by atoms with Gasteiger partial charge in [-0.3, -0.25) is 4.79 Å². The molecule has 0 spiro atoms. The number of hydrogen-bond acceptors (Lipinski definition) is 7. The highest BCUT2D eigenvalue weighted by atomic mass is 16.7. The van der Waals surface area contributed by atoms with E-state index < -0.39 is 0 Å². The minimum atomic E-state index is -0.303. The van der Waals surface area contributed by atoms with Crippen LogP contribution in [0.2, 0.25) is 0 Å². The smallest absolute Gasteiger partial charge is 0.272 e. The number of hydrogen-bond donors (Lipinski definition) is 2. The highest BCUT2D eigenvalue weighted by Gasteiger charge is 2.14. The van der Waals surface area contributed by atoms with Gasteiger partial charge < -0.3 is 24.8 Å². The lowest BCUT2D eigenvalue weighted by Gasteiger charge is -2.08. The molecule has 4 rings (SSSR count). The Balaban J connectivity index is 1.32. The number of nitrogens with zero attached hydrogens (tertiary/aromatic N) is 2. The number of nitrogens with one attached hydrogen (secondary N) is 2. The first-order chi connectivity index (χ1) is 14.2. The van der Waals surface area contributed by atoms with E-state index in [1.807, 2.05) is 49.4 Å². The number of aromatic nitrogens is 2. The zero-order valence-electron chi connectivity index (χ0n) is 15.8. The Kier molecular flexibility index (Phi) is 5.42. The fraction of sp³-hybridized carbons (Fsp3) is 0.190. The van der Waals surface area contributed by atoms with Gasteiger partial charge in [0.05, 0.1) is 6.61 Å². The maximum atomic E-state index is 12.3. The molecular weight excluding hydrogens is 372 g/mol. The van der Waals surface area contributed by atoms with E-state index in [2.05, 4.69) is 20.8 Å². The number of rotatable bonds is 7. The summed E-state index contributed by atoms with van der Waals surface area (Å²) >= 11 is 0. The first-order valence-electron chi connectivity index (χ1n) is 9.21. The highest BCUT2D eigenvalue weighted by molar-refractivity contribution is 5.92. The SMILES string of the molecule is CCOc1ccc(Nc2ccc(C(=O)NCc3ccc4c(c3)OCO4)nn2)cc1. The lowest BCUT2D eigenvalue weighted by atomic mass is 10.2. The minimum absolute atomic E-state index is 0.220. The van der Waals surface area contributed by atoms with Gasteiger partial charge in [0, 0.05) is 12.2 Å². The van der Waals surface area contributed by atoms with Crippen molar-refractivity contribution in [1.29, 1.82) is 0 Å². The summed E-state index contributed by atoms with van der Waals surface area (Å²) in [6, 6.07) is 16.4. The van der Waals surface area contributed by atoms with Crippen molar-refractivity contribution in [2.75, 3.05) is 18.7 Å². The van der Waals surface area contributed by atoms with Crippen molar-refractivity contribution in [1.82, 2.24) is 15.5 Å². The molecule has 0 saturated carbocycles. The molecule has 0 unspecified atom stereocenters. The van der Waals surface area contributed by atoms with E-state index >= 15 is 0 Å². The van der Waals surface area contributed by atoms with Crippen LogP contribution in [0.4, 0.5) is 11.5 Å².